The number of aldehydes is 1. The van der Waals surface area contributed by atoms with E-state index in [9.17, 15) is 4.79 Å². The van der Waals surface area contributed by atoms with E-state index < -0.39 is 0 Å². The summed E-state index contributed by atoms with van der Waals surface area (Å²) < 4.78 is 0. The molecule has 3 aromatic rings. The first-order valence-electron chi connectivity index (χ1n) is 15.2. The topological polar surface area (TPSA) is 67.2 Å². The summed E-state index contributed by atoms with van der Waals surface area (Å²) in [5, 5.41) is 7.89. The van der Waals surface area contributed by atoms with Crippen LogP contribution in [-0.4, -0.2) is 13.3 Å². The summed E-state index contributed by atoms with van der Waals surface area (Å²) in [5.41, 5.74) is 16.0. The molecule has 0 bridgehead atoms. The van der Waals surface area contributed by atoms with E-state index in [1.807, 2.05) is 39.1 Å². The van der Waals surface area contributed by atoms with Crippen LogP contribution in [-0.2, 0) is 0 Å². The molecule has 0 amide bonds. The van der Waals surface area contributed by atoms with Crippen LogP contribution in [0.2, 0.25) is 0 Å². The molecule has 0 radical (unpaired) electrons. The second-order valence-electron chi connectivity index (χ2n) is 10.1. The highest BCUT2D eigenvalue weighted by Crippen LogP contribution is 2.29. The maximum atomic E-state index is 10.6. The molecule has 4 nitrogen and oxygen atoms in total. The van der Waals surface area contributed by atoms with Crippen molar-refractivity contribution < 1.29 is 4.79 Å². The molecule has 224 valence electrons. The Morgan fingerprint density at radius 3 is 2.17 bits per heavy atom. The summed E-state index contributed by atoms with van der Waals surface area (Å²) in [6.07, 6.45) is 8.20. The van der Waals surface area contributed by atoms with Gasteiger partial charge in [-0.3, -0.25) is 4.79 Å². The number of aryl methyl sites for hydroxylation is 1. The van der Waals surface area contributed by atoms with Crippen LogP contribution in [0.3, 0.4) is 0 Å². The Labute approximate surface area is 252 Å². The van der Waals surface area contributed by atoms with E-state index in [1.54, 1.807) is 0 Å². The van der Waals surface area contributed by atoms with Gasteiger partial charge in [0, 0.05) is 40.9 Å². The molecule has 5 heteroatoms. The van der Waals surface area contributed by atoms with E-state index in [-0.39, 0.29) is 0 Å². The van der Waals surface area contributed by atoms with E-state index >= 15 is 0 Å². The van der Waals surface area contributed by atoms with Crippen LogP contribution in [0.25, 0.3) is 5.70 Å². The molecule has 0 aliphatic heterocycles. The standard InChI is InChI=1S/C19H26N3P.C15H22O.C2H6/c1-5-12(2)18(21-4)15-10-9-14(11-16(15)20)22-19-13(3)7-6-8-17(19)23;1-3-5-7-14(6-4-2)15-10-8-13(12-16)9-11-15;1-2/h6-11,21-22H,5,20,23H2,1-4H3;8-12,14H,3-7H2,1-2H3;1-2H3. The molecule has 2 atom stereocenters. The highest BCUT2D eigenvalue weighted by molar-refractivity contribution is 7.28. The Balaban J connectivity index is 0.000000410. The molecule has 0 aromatic heterocycles. The van der Waals surface area contributed by atoms with Crippen molar-refractivity contribution in [1.29, 1.82) is 0 Å². The first kappa shape index (κ1) is 35.9. The molecule has 0 fully saturated rings. The second kappa shape index (κ2) is 19.9. The lowest BCUT2D eigenvalue weighted by Gasteiger charge is -2.17. The van der Waals surface area contributed by atoms with Gasteiger partial charge in [-0.05, 0) is 79.2 Å². The van der Waals surface area contributed by atoms with Gasteiger partial charge in [-0.1, -0.05) is 96.3 Å². The SMILES string of the molecule is CC.CCC(C)=C(NC)c1ccc(Nc2c(C)cccc2P)cc1N.CCCCC(CCC)c1ccc(C=O)cc1. The van der Waals surface area contributed by atoms with Crippen molar-refractivity contribution in [3.63, 3.8) is 0 Å². The van der Waals surface area contributed by atoms with Gasteiger partial charge in [-0.25, -0.2) is 0 Å². The summed E-state index contributed by atoms with van der Waals surface area (Å²) in [6.45, 7) is 14.8. The number of hydrogen-bond donors (Lipinski definition) is 3. The number of carbonyl (C=O) groups excluding carboxylic acids is 1. The van der Waals surface area contributed by atoms with Gasteiger partial charge in [0.15, 0.2) is 0 Å². The number of nitrogen functional groups attached to an aromatic ring is 1. The van der Waals surface area contributed by atoms with Gasteiger partial charge in [-0.15, -0.1) is 9.24 Å². The van der Waals surface area contributed by atoms with E-state index in [0.717, 1.165) is 51.9 Å². The smallest absolute Gasteiger partial charge is 0.150 e. The first-order valence-corrected chi connectivity index (χ1v) is 15.8. The molecular formula is C36H54N3OP. The van der Waals surface area contributed by atoms with E-state index in [0.29, 0.717) is 5.92 Å². The fourth-order valence-electron chi connectivity index (χ4n) is 4.75. The lowest BCUT2D eigenvalue weighted by Crippen LogP contribution is -2.10. The van der Waals surface area contributed by atoms with Crippen LogP contribution >= 0.6 is 9.24 Å². The van der Waals surface area contributed by atoms with Gasteiger partial charge in [-0.2, -0.15) is 0 Å². The molecule has 0 spiro atoms. The van der Waals surface area contributed by atoms with Crippen molar-refractivity contribution in [2.75, 3.05) is 18.1 Å². The molecule has 4 N–H and O–H groups in total. The predicted molar refractivity (Wildman–Crippen MR) is 187 cm³/mol. The van der Waals surface area contributed by atoms with Gasteiger partial charge < -0.3 is 16.4 Å². The van der Waals surface area contributed by atoms with Crippen molar-refractivity contribution in [1.82, 2.24) is 5.32 Å². The molecule has 3 aromatic carbocycles. The number of carbonyl (C=O) groups is 1. The first-order chi connectivity index (χ1) is 19.8. The Bertz CT molecular complexity index is 1200. The van der Waals surface area contributed by atoms with Gasteiger partial charge in [0.05, 0.1) is 0 Å². The number of benzene rings is 3. The average molecular weight is 576 g/mol. The molecule has 0 heterocycles. The van der Waals surface area contributed by atoms with Crippen LogP contribution < -0.4 is 21.7 Å². The summed E-state index contributed by atoms with van der Waals surface area (Å²) in [7, 11) is 4.71. The molecule has 0 saturated heterocycles. The largest absolute Gasteiger partial charge is 0.398 e. The summed E-state index contributed by atoms with van der Waals surface area (Å²) in [6, 6.07) is 20.4. The minimum Gasteiger partial charge on any atom is -0.398 e. The van der Waals surface area contributed by atoms with Crippen LogP contribution in [0.15, 0.2) is 66.2 Å². The number of allylic oxidation sites excluding steroid dienone is 1. The minimum absolute atomic E-state index is 0.672. The Morgan fingerprint density at radius 2 is 1.66 bits per heavy atom. The zero-order valence-corrected chi connectivity index (χ0v) is 27.9. The average Bonchev–Trinajstić information content (AvgIpc) is 3.00. The highest BCUT2D eigenvalue weighted by Gasteiger charge is 2.11. The summed E-state index contributed by atoms with van der Waals surface area (Å²) in [5.74, 6) is 0.672. The van der Waals surface area contributed by atoms with Crippen LogP contribution in [0.1, 0.15) is 113 Å². The summed E-state index contributed by atoms with van der Waals surface area (Å²) in [4.78, 5) is 10.6. The molecule has 2 unspecified atom stereocenters. The molecule has 3 rings (SSSR count). The fraction of sp³-hybridized carbons (Fsp3) is 0.417. The molecule has 41 heavy (non-hydrogen) atoms. The van der Waals surface area contributed by atoms with Crippen molar-refractivity contribution in [3.8, 4) is 0 Å². The van der Waals surface area contributed by atoms with Crippen LogP contribution in [0.4, 0.5) is 17.1 Å². The maximum Gasteiger partial charge on any atom is 0.150 e. The van der Waals surface area contributed by atoms with E-state index in [1.165, 1.54) is 48.8 Å². The van der Waals surface area contributed by atoms with Gasteiger partial charge in [0.25, 0.3) is 0 Å². The molecular weight excluding hydrogens is 521 g/mol. The maximum absolute atomic E-state index is 10.6. The number of anilines is 3. The predicted octanol–water partition coefficient (Wildman–Crippen LogP) is 9.78. The Hall–Kier alpha value is -3.10. The lowest BCUT2D eigenvalue weighted by atomic mass is 9.89. The number of para-hydroxylation sites is 1. The molecule has 0 saturated carbocycles. The third-order valence-corrected chi connectivity index (χ3v) is 7.67. The zero-order valence-electron chi connectivity index (χ0n) is 26.7. The third kappa shape index (κ3) is 11.4. The minimum atomic E-state index is 0.672. The Kier molecular flexibility index (Phi) is 17.4. The quantitative estimate of drug-likeness (QED) is 0.114. The number of rotatable bonds is 12. The number of hydrogen-bond acceptors (Lipinski definition) is 4. The van der Waals surface area contributed by atoms with Crippen LogP contribution in [0.5, 0.6) is 0 Å². The number of unbranched alkanes of at least 4 members (excludes halogenated alkanes) is 1. The van der Waals surface area contributed by atoms with Crippen molar-refractivity contribution >= 4 is 43.6 Å². The van der Waals surface area contributed by atoms with Crippen molar-refractivity contribution in [2.45, 2.75) is 92.9 Å². The monoisotopic (exact) mass is 575 g/mol. The van der Waals surface area contributed by atoms with Crippen molar-refractivity contribution in [3.05, 3.63) is 88.5 Å². The van der Waals surface area contributed by atoms with Gasteiger partial charge in [0.1, 0.15) is 6.29 Å². The fourth-order valence-corrected chi connectivity index (χ4v) is 5.16. The third-order valence-electron chi connectivity index (χ3n) is 7.19. The van der Waals surface area contributed by atoms with Crippen LogP contribution in [0, 0.1) is 6.92 Å². The molecule has 0 aliphatic rings. The Morgan fingerprint density at radius 1 is 0.976 bits per heavy atom. The number of nitrogens with two attached hydrogens (primary N) is 1. The summed E-state index contributed by atoms with van der Waals surface area (Å²) >= 11 is 0. The number of nitrogens with one attached hydrogen (secondary N) is 2. The lowest BCUT2D eigenvalue weighted by molar-refractivity contribution is 0.112. The normalized spacial score (nSPS) is 11.6. The van der Waals surface area contributed by atoms with Gasteiger partial charge >= 0.3 is 0 Å². The van der Waals surface area contributed by atoms with Crippen molar-refractivity contribution in [2.24, 2.45) is 0 Å². The highest BCUT2D eigenvalue weighted by atomic mass is 31.0. The zero-order chi connectivity index (χ0) is 30.8. The second-order valence-corrected chi connectivity index (χ2v) is 10.8. The molecule has 0 aliphatic carbocycles. The van der Waals surface area contributed by atoms with E-state index in [2.05, 4.69) is 97.0 Å². The van der Waals surface area contributed by atoms with Gasteiger partial charge in [0.2, 0.25) is 0 Å². The van der Waals surface area contributed by atoms with E-state index in [4.69, 9.17) is 5.73 Å².